The van der Waals surface area contributed by atoms with Gasteiger partial charge in [-0.05, 0) is 26.7 Å². The van der Waals surface area contributed by atoms with Crippen molar-refractivity contribution in [1.29, 1.82) is 0 Å². The number of thioether (sulfide) groups is 1. The van der Waals surface area contributed by atoms with Gasteiger partial charge in [0, 0.05) is 24.5 Å². The zero-order valence-electron chi connectivity index (χ0n) is 12.8. The molecule has 0 saturated carbocycles. The highest BCUT2D eigenvalue weighted by Crippen LogP contribution is 2.22. The van der Waals surface area contributed by atoms with Crippen molar-refractivity contribution in [2.45, 2.75) is 32.7 Å². The lowest BCUT2D eigenvalue weighted by atomic mass is 10.1. The first-order valence-corrected chi connectivity index (χ1v) is 8.81. The Morgan fingerprint density at radius 1 is 1.45 bits per heavy atom. The van der Waals surface area contributed by atoms with E-state index < -0.39 is 5.97 Å². The number of amides is 2. The smallest absolute Gasteiger partial charge is 0.337 e. The summed E-state index contributed by atoms with van der Waals surface area (Å²) in [6.45, 7) is 5.80. The molecule has 0 aromatic carbocycles. The molecule has 0 aromatic rings. The van der Waals surface area contributed by atoms with Crippen LogP contribution in [0.1, 0.15) is 26.7 Å². The Kier molecular flexibility index (Phi) is 6.07. The van der Waals surface area contributed by atoms with Crippen LogP contribution < -0.4 is 10.6 Å². The second-order valence-electron chi connectivity index (χ2n) is 5.18. The van der Waals surface area contributed by atoms with Crippen molar-refractivity contribution in [3.63, 3.8) is 0 Å². The molecule has 0 aliphatic carbocycles. The molecule has 0 unspecified atom stereocenters. The molecule has 0 bridgehead atoms. The van der Waals surface area contributed by atoms with E-state index in [1.807, 2.05) is 0 Å². The van der Waals surface area contributed by atoms with Gasteiger partial charge < -0.3 is 20.3 Å². The van der Waals surface area contributed by atoms with Gasteiger partial charge in [-0.1, -0.05) is 24.0 Å². The summed E-state index contributed by atoms with van der Waals surface area (Å²) < 4.78 is 5.90. The molecule has 2 aliphatic rings. The number of carbonyl (C=O) groups excluding carboxylic acids is 2. The molecule has 2 N–H and O–H groups in total. The molecule has 2 amide bonds. The number of urea groups is 1. The van der Waals surface area contributed by atoms with Crippen molar-refractivity contribution in [3.05, 3.63) is 11.3 Å². The normalized spacial score (nSPS) is 21.5. The predicted octanol–water partition coefficient (Wildman–Crippen LogP) is 1.62. The Hall–Kier alpha value is -1.28. The van der Waals surface area contributed by atoms with Gasteiger partial charge in [0.15, 0.2) is 0 Å². The summed E-state index contributed by atoms with van der Waals surface area (Å²) in [5.74, 6) is 0.0616. The average molecular weight is 343 g/mol. The number of rotatable bonds is 4. The van der Waals surface area contributed by atoms with Crippen LogP contribution >= 0.6 is 24.0 Å². The maximum absolute atomic E-state index is 12.1. The number of nitrogens with zero attached hydrogens (tertiary/aromatic N) is 1. The molecule has 1 saturated heterocycles. The fraction of sp³-hybridized carbons (Fsp3) is 0.643. The van der Waals surface area contributed by atoms with Crippen LogP contribution in [-0.4, -0.2) is 52.7 Å². The maximum Gasteiger partial charge on any atom is 0.337 e. The fourth-order valence-corrected chi connectivity index (χ4v) is 3.74. The summed E-state index contributed by atoms with van der Waals surface area (Å²) >= 11 is 6.89. The summed E-state index contributed by atoms with van der Waals surface area (Å²) in [4.78, 5) is 25.9. The average Bonchev–Trinajstić information content (AvgIpc) is 2.98. The standard InChI is InChI=1S/C14H21N3O3S2/c1-3-20-12(18)11-9(2)15-13(19)16-10(11)8-22-14(21)17-6-4-5-7-17/h9H,3-8H2,1-2H3,(H2,15,16,19)/t9-/m1/s1. The molecule has 0 aromatic heterocycles. The molecule has 22 heavy (non-hydrogen) atoms. The van der Waals surface area contributed by atoms with Crippen LogP contribution in [-0.2, 0) is 9.53 Å². The van der Waals surface area contributed by atoms with E-state index in [-0.39, 0.29) is 12.1 Å². The Labute approximate surface area is 140 Å². The minimum Gasteiger partial charge on any atom is -0.463 e. The molecule has 1 fully saturated rings. The predicted molar refractivity (Wildman–Crippen MR) is 90.7 cm³/mol. The molecule has 0 spiro atoms. The van der Waals surface area contributed by atoms with Crippen molar-refractivity contribution in [3.8, 4) is 0 Å². The van der Waals surface area contributed by atoms with Crippen LogP contribution in [0, 0.1) is 0 Å². The summed E-state index contributed by atoms with van der Waals surface area (Å²) in [5, 5.41) is 5.39. The first-order chi connectivity index (χ1) is 10.5. The number of hydrogen-bond donors (Lipinski definition) is 2. The third kappa shape index (κ3) is 4.13. The number of ether oxygens (including phenoxy) is 1. The largest absolute Gasteiger partial charge is 0.463 e. The zero-order valence-corrected chi connectivity index (χ0v) is 14.4. The number of esters is 1. The van der Waals surface area contributed by atoms with Crippen LogP contribution in [0.25, 0.3) is 0 Å². The first kappa shape index (κ1) is 17.1. The molecule has 0 radical (unpaired) electrons. The number of hydrogen-bond acceptors (Lipinski definition) is 5. The molecule has 1 atom stereocenters. The Bertz CT molecular complexity index is 502. The first-order valence-electron chi connectivity index (χ1n) is 7.42. The van der Waals surface area contributed by atoms with Gasteiger partial charge in [0.1, 0.15) is 4.32 Å². The van der Waals surface area contributed by atoms with Gasteiger partial charge in [0.25, 0.3) is 0 Å². The van der Waals surface area contributed by atoms with Crippen molar-refractivity contribution < 1.29 is 14.3 Å². The quantitative estimate of drug-likeness (QED) is 0.597. The monoisotopic (exact) mass is 343 g/mol. The Balaban J connectivity index is 2.07. The summed E-state index contributed by atoms with van der Waals surface area (Å²) in [7, 11) is 0. The van der Waals surface area contributed by atoms with E-state index in [4.69, 9.17) is 17.0 Å². The van der Waals surface area contributed by atoms with Crippen LogP contribution in [0.5, 0.6) is 0 Å². The topological polar surface area (TPSA) is 70.7 Å². The van der Waals surface area contributed by atoms with Crippen LogP contribution in [0.15, 0.2) is 11.3 Å². The third-order valence-electron chi connectivity index (χ3n) is 3.57. The van der Waals surface area contributed by atoms with E-state index >= 15 is 0 Å². The van der Waals surface area contributed by atoms with E-state index in [1.54, 1.807) is 13.8 Å². The van der Waals surface area contributed by atoms with E-state index in [9.17, 15) is 9.59 Å². The molecule has 6 nitrogen and oxygen atoms in total. The second-order valence-corrected chi connectivity index (χ2v) is 6.79. The molecule has 8 heteroatoms. The van der Waals surface area contributed by atoms with Gasteiger partial charge in [-0.25, -0.2) is 9.59 Å². The molecular formula is C14H21N3O3S2. The van der Waals surface area contributed by atoms with Gasteiger partial charge in [0.05, 0.1) is 18.2 Å². The van der Waals surface area contributed by atoms with Gasteiger partial charge in [0.2, 0.25) is 0 Å². The molecule has 2 rings (SSSR count). The highest BCUT2D eigenvalue weighted by atomic mass is 32.2. The number of carbonyl (C=O) groups is 2. The maximum atomic E-state index is 12.1. The molecule has 2 heterocycles. The molecular weight excluding hydrogens is 322 g/mol. The third-order valence-corrected chi connectivity index (χ3v) is 5.12. The number of likely N-dealkylation sites (tertiary alicyclic amines) is 1. The van der Waals surface area contributed by atoms with E-state index in [0.717, 1.165) is 30.3 Å². The zero-order chi connectivity index (χ0) is 16.1. The molecule has 2 aliphatic heterocycles. The van der Waals surface area contributed by atoms with E-state index in [0.29, 0.717) is 23.6 Å². The SMILES string of the molecule is CCOC(=O)C1=C(CSC(=S)N2CCCC2)NC(=O)N[C@@H]1C. The van der Waals surface area contributed by atoms with Crippen LogP contribution in [0.3, 0.4) is 0 Å². The Morgan fingerprint density at radius 3 is 2.77 bits per heavy atom. The summed E-state index contributed by atoms with van der Waals surface area (Å²) in [5.41, 5.74) is 1.06. The summed E-state index contributed by atoms with van der Waals surface area (Å²) in [6, 6.07) is -0.674. The Morgan fingerprint density at radius 2 is 2.14 bits per heavy atom. The second kappa shape index (κ2) is 7.82. The van der Waals surface area contributed by atoms with Crippen molar-refractivity contribution in [2.24, 2.45) is 0 Å². The van der Waals surface area contributed by atoms with Gasteiger partial charge in [-0.3, -0.25) is 0 Å². The van der Waals surface area contributed by atoms with Gasteiger partial charge in [-0.2, -0.15) is 0 Å². The van der Waals surface area contributed by atoms with E-state index in [1.165, 1.54) is 11.8 Å². The highest BCUT2D eigenvalue weighted by molar-refractivity contribution is 8.23. The lowest BCUT2D eigenvalue weighted by Crippen LogP contribution is -2.49. The minimum atomic E-state index is -0.398. The van der Waals surface area contributed by atoms with Crippen LogP contribution in [0.2, 0.25) is 0 Å². The lowest BCUT2D eigenvalue weighted by Gasteiger charge is -2.27. The summed E-state index contributed by atoms with van der Waals surface area (Å²) in [6.07, 6.45) is 2.32. The molecule has 122 valence electrons. The van der Waals surface area contributed by atoms with Crippen molar-refractivity contribution in [2.75, 3.05) is 25.4 Å². The van der Waals surface area contributed by atoms with Gasteiger partial charge >= 0.3 is 12.0 Å². The van der Waals surface area contributed by atoms with Gasteiger partial charge in [-0.15, -0.1) is 0 Å². The minimum absolute atomic E-state index is 0.301. The number of nitrogens with one attached hydrogen (secondary N) is 2. The number of thiocarbonyl (C=S) groups is 1. The highest BCUT2D eigenvalue weighted by Gasteiger charge is 2.30. The van der Waals surface area contributed by atoms with Crippen molar-refractivity contribution in [1.82, 2.24) is 15.5 Å². The fourth-order valence-electron chi connectivity index (χ4n) is 2.52. The van der Waals surface area contributed by atoms with Crippen molar-refractivity contribution >= 4 is 40.3 Å². The lowest BCUT2D eigenvalue weighted by molar-refractivity contribution is -0.138. The van der Waals surface area contributed by atoms with E-state index in [2.05, 4.69) is 15.5 Å². The van der Waals surface area contributed by atoms with Crippen LogP contribution in [0.4, 0.5) is 4.79 Å².